The SMILES string of the molecule is CC(C)C1(O)CN(CC(=O)Nc2ccc(Br)cn2)C1. The Labute approximate surface area is 121 Å². The lowest BCUT2D eigenvalue weighted by Crippen LogP contribution is -2.65. The quantitative estimate of drug-likeness (QED) is 0.879. The fourth-order valence-electron chi connectivity index (χ4n) is 2.04. The van der Waals surface area contributed by atoms with Gasteiger partial charge in [-0.3, -0.25) is 9.69 Å². The summed E-state index contributed by atoms with van der Waals surface area (Å²) in [6, 6.07) is 3.56. The van der Waals surface area contributed by atoms with Gasteiger partial charge in [-0.15, -0.1) is 0 Å². The van der Waals surface area contributed by atoms with Crippen LogP contribution in [0.1, 0.15) is 13.8 Å². The number of likely N-dealkylation sites (tertiary alicyclic amines) is 1. The van der Waals surface area contributed by atoms with Gasteiger partial charge in [0.1, 0.15) is 5.82 Å². The third-order valence-corrected chi connectivity index (χ3v) is 3.90. The zero-order valence-corrected chi connectivity index (χ0v) is 12.6. The second kappa shape index (κ2) is 5.56. The molecule has 1 saturated heterocycles. The number of carbonyl (C=O) groups is 1. The van der Waals surface area contributed by atoms with E-state index in [-0.39, 0.29) is 18.4 Å². The van der Waals surface area contributed by atoms with Crippen LogP contribution in [0, 0.1) is 5.92 Å². The third kappa shape index (κ3) is 3.52. The Morgan fingerprint density at radius 1 is 1.58 bits per heavy atom. The van der Waals surface area contributed by atoms with Crippen LogP contribution < -0.4 is 5.32 Å². The maximum atomic E-state index is 11.8. The van der Waals surface area contributed by atoms with Gasteiger partial charge in [-0.2, -0.15) is 0 Å². The minimum absolute atomic E-state index is 0.111. The molecule has 1 aliphatic heterocycles. The molecule has 104 valence electrons. The van der Waals surface area contributed by atoms with Crippen molar-refractivity contribution < 1.29 is 9.90 Å². The monoisotopic (exact) mass is 327 g/mol. The molecule has 0 unspecified atom stereocenters. The first-order valence-corrected chi connectivity index (χ1v) is 7.04. The second-order valence-corrected chi connectivity index (χ2v) is 6.23. The van der Waals surface area contributed by atoms with Gasteiger partial charge in [0.25, 0.3) is 0 Å². The Morgan fingerprint density at radius 3 is 2.79 bits per heavy atom. The predicted molar refractivity (Wildman–Crippen MR) is 76.8 cm³/mol. The minimum Gasteiger partial charge on any atom is -0.387 e. The van der Waals surface area contributed by atoms with Gasteiger partial charge >= 0.3 is 0 Å². The Balaban J connectivity index is 1.79. The molecule has 1 aliphatic rings. The third-order valence-electron chi connectivity index (χ3n) is 3.43. The highest BCUT2D eigenvalue weighted by molar-refractivity contribution is 9.10. The molecule has 19 heavy (non-hydrogen) atoms. The van der Waals surface area contributed by atoms with E-state index in [1.54, 1.807) is 12.3 Å². The van der Waals surface area contributed by atoms with Crippen molar-refractivity contribution in [1.29, 1.82) is 0 Å². The summed E-state index contributed by atoms with van der Waals surface area (Å²) in [6.07, 6.45) is 1.64. The maximum Gasteiger partial charge on any atom is 0.239 e. The lowest BCUT2D eigenvalue weighted by atomic mass is 9.83. The number of amides is 1. The molecule has 0 bridgehead atoms. The van der Waals surface area contributed by atoms with Gasteiger partial charge in [-0.05, 0) is 34.0 Å². The number of hydrogen-bond acceptors (Lipinski definition) is 4. The molecule has 0 radical (unpaired) electrons. The van der Waals surface area contributed by atoms with Crippen LogP contribution in [0.5, 0.6) is 0 Å². The zero-order chi connectivity index (χ0) is 14.0. The minimum atomic E-state index is -0.643. The van der Waals surface area contributed by atoms with Crippen LogP contribution in [-0.4, -0.2) is 46.1 Å². The molecule has 1 amide bonds. The highest BCUT2D eigenvalue weighted by Gasteiger charge is 2.43. The van der Waals surface area contributed by atoms with Crippen molar-refractivity contribution in [2.24, 2.45) is 5.92 Å². The Morgan fingerprint density at radius 2 is 2.26 bits per heavy atom. The lowest BCUT2D eigenvalue weighted by molar-refractivity contribution is -0.139. The number of carbonyl (C=O) groups excluding carboxylic acids is 1. The van der Waals surface area contributed by atoms with Crippen molar-refractivity contribution in [3.8, 4) is 0 Å². The summed E-state index contributed by atoms with van der Waals surface area (Å²) < 4.78 is 0.871. The number of anilines is 1. The summed E-state index contributed by atoms with van der Waals surface area (Å²) in [4.78, 5) is 17.8. The van der Waals surface area contributed by atoms with Crippen molar-refractivity contribution in [3.63, 3.8) is 0 Å². The van der Waals surface area contributed by atoms with Crippen molar-refractivity contribution in [2.75, 3.05) is 25.0 Å². The molecule has 2 rings (SSSR count). The van der Waals surface area contributed by atoms with E-state index in [0.717, 1.165) is 4.47 Å². The van der Waals surface area contributed by atoms with E-state index in [1.807, 2.05) is 24.8 Å². The van der Waals surface area contributed by atoms with Gasteiger partial charge in [-0.25, -0.2) is 4.98 Å². The van der Waals surface area contributed by atoms with E-state index in [9.17, 15) is 9.90 Å². The summed E-state index contributed by atoms with van der Waals surface area (Å²) >= 11 is 3.29. The molecule has 1 aromatic heterocycles. The van der Waals surface area contributed by atoms with Crippen LogP contribution in [0.3, 0.4) is 0 Å². The number of nitrogens with one attached hydrogen (secondary N) is 1. The average molecular weight is 328 g/mol. The molecule has 5 nitrogen and oxygen atoms in total. The fraction of sp³-hybridized carbons (Fsp3) is 0.538. The molecule has 0 aromatic carbocycles. The van der Waals surface area contributed by atoms with Gasteiger partial charge in [0.15, 0.2) is 0 Å². The molecular formula is C13H18BrN3O2. The average Bonchev–Trinajstić information content (AvgIpc) is 2.29. The molecule has 6 heteroatoms. The number of aromatic nitrogens is 1. The van der Waals surface area contributed by atoms with E-state index in [1.165, 1.54) is 0 Å². The summed E-state index contributed by atoms with van der Waals surface area (Å²) in [5.41, 5.74) is -0.643. The van der Waals surface area contributed by atoms with E-state index in [2.05, 4.69) is 26.2 Å². The van der Waals surface area contributed by atoms with Crippen molar-refractivity contribution >= 4 is 27.7 Å². The van der Waals surface area contributed by atoms with Gasteiger partial charge in [-0.1, -0.05) is 13.8 Å². The van der Waals surface area contributed by atoms with Gasteiger partial charge in [0, 0.05) is 23.8 Å². The van der Waals surface area contributed by atoms with Crippen LogP contribution in [0.15, 0.2) is 22.8 Å². The fourth-order valence-corrected chi connectivity index (χ4v) is 2.27. The normalized spacial score (nSPS) is 18.2. The zero-order valence-electron chi connectivity index (χ0n) is 11.1. The molecule has 0 aliphatic carbocycles. The molecular weight excluding hydrogens is 310 g/mol. The first-order valence-electron chi connectivity index (χ1n) is 6.25. The first kappa shape index (κ1) is 14.4. The number of nitrogens with zero attached hydrogens (tertiary/aromatic N) is 2. The van der Waals surface area contributed by atoms with Crippen molar-refractivity contribution in [3.05, 3.63) is 22.8 Å². The summed E-state index contributed by atoms with van der Waals surface area (Å²) in [7, 11) is 0. The predicted octanol–water partition coefficient (Wildman–Crippen LogP) is 1.49. The van der Waals surface area contributed by atoms with Crippen LogP contribution in [0.4, 0.5) is 5.82 Å². The van der Waals surface area contributed by atoms with Gasteiger partial charge in [0.05, 0.1) is 12.1 Å². The Hall–Kier alpha value is -0.980. The number of pyridine rings is 1. The van der Waals surface area contributed by atoms with Crippen LogP contribution in [-0.2, 0) is 4.79 Å². The molecule has 1 aromatic rings. The van der Waals surface area contributed by atoms with E-state index in [0.29, 0.717) is 18.9 Å². The highest BCUT2D eigenvalue weighted by Crippen LogP contribution is 2.28. The molecule has 0 spiro atoms. The largest absolute Gasteiger partial charge is 0.387 e. The lowest BCUT2D eigenvalue weighted by Gasteiger charge is -2.48. The molecule has 0 atom stereocenters. The number of β-amino-alcohol motifs (C(OH)–C–C–N with tert-alkyl or cyclic N) is 1. The van der Waals surface area contributed by atoms with Crippen LogP contribution in [0.25, 0.3) is 0 Å². The molecule has 2 heterocycles. The Bertz CT molecular complexity index is 455. The van der Waals surface area contributed by atoms with Crippen molar-refractivity contribution in [1.82, 2.24) is 9.88 Å². The first-order chi connectivity index (χ1) is 8.89. The Kier molecular flexibility index (Phi) is 4.23. The van der Waals surface area contributed by atoms with E-state index in [4.69, 9.17) is 0 Å². The summed E-state index contributed by atoms with van der Waals surface area (Å²) in [5, 5.41) is 12.8. The van der Waals surface area contributed by atoms with Crippen molar-refractivity contribution in [2.45, 2.75) is 19.4 Å². The smallest absolute Gasteiger partial charge is 0.239 e. The highest BCUT2D eigenvalue weighted by atomic mass is 79.9. The standard InChI is InChI=1S/C13H18BrN3O2/c1-9(2)13(19)7-17(8-13)6-12(18)16-11-4-3-10(14)5-15-11/h3-5,9,19H,6-8H2,1-2H3,(H,15,16,18). The number of hydrogen-bond donors (Lipinski definition) is 2. The second-order valence-electron chi connectivity index (χ2n) is 5.31. The summed E-state index contributed by atoms with van der Waals surface area (Å²) in [5.74, 6) is 0.633. The van der Waals surface area contributed by atoms with Gasteiger partial charge in [0.2, 0.25) is 5.91 Å². The summed E-state index contributed by atoms with van der Waals surface area (Å²) in [6.45, 7) is 5.36. The van der Waals surface area contributed by atoms with E-state index < -0.39 is 5.60 Å². The van der Waals surface area contributed by atoms with E-state index >= 15 is 0 Å². The maximum absolute atomic E-state index is 11.8. The van der Waals surface area contributed by atoms with Gasteiger partial charge < -0.3 is 10.4 Å². The number of rotatable bonds is 4. The molecule has 1 fully saturated rings. The topological polar surface area (TPSA) is 65.5 Å². The molecule has 0 saturated carbocycles. The number of aliphatic hydroxyl groups is 1. The van der Waals surface area contributed by atoms with Crippen LogP contribution in [0.2, 0.25) is 0 Å². The van der Waals surface area contributed by atoms with Crippen LogP contribution >= 0.6 is 15.9 Å². The molecule has 2 N–H and O–H groups in total. The number of halogens is 1.